The maximum atomic E-state index is 14.3. The minimum atomic E-state index is -0.593. The van der Waals surface area contributed by atoms with E-state index < -0.39 is 11.9 Å². The molecular weight excluding hydrogens is 387 g/mol. The Morgan fingerprint density at radius 1 is 1.07 bits per heavy atom. The molecule has 0 saturated carbocycles. The van der Waals surface area contributed by atoms with Gasteiger partial charge in [0, 0.05) is 30.9 Å². The molecule has 2 aliphatic rings. The van der Waals surface area contributed by atoms with Gasteiger partial charge in [-0.1, -0.05) is 18.2 Å². The van der Waals surface area contributed by atoms with E-state index in [4.69, 9.17) is 0 Å². The molecule has 0 radical (unpaired) electrons. The van der Waals surface area contributed by atoms with Crippen LogP contribution in [0.3, 0.4) is 0 Å². The summed E-state index contributed by atoms with van der Waals surface area (Å²) < 4.78 is 14.3. The lowest BCUT2D eigenvalue weighted by atomic mass is 10.1. The number of nitrogens with zero attached hydrogens (tertiary/aromatic N) is 2. The molecule has 2 heterocycles. The summed E-state index contributed by atoms with van der Waals surface area (Å²) in [5.41, 5.74) is 1.04. The molecule has 8 heteroatoms. The Morgan fingerprint density at radius 3 is 2.63 bits per heavy atom. The Bertz CT molecular complexity index is 966. The number of rotatable bonds is 4. The first-order chi connectivity index (χ1) is 14.5. The first-order valence-corrected chi connectivity index (χ1v) is 10.1. The molecule has 30 heavy (non-hydrogen) atoms. The van der Waals surface area contributed by atoms with Crippen LogP contribution in [0.4, 0.5) is 20.6 Å². The van der Waals surface area contributed by atoms with Gasteiger partial charge in [0.15, 0.2) is 0 Å². The Kier molecular flexibility index (Phi) is 5.65. The van der Waals surface area contributed by atoms with Crippen molar-refractivity contribution in [3.8, 4) is 0 Å². The van der Waals surface area contributed by atoms with Crippen molar-refractivity contribution in [3.63, 3.8) is 0 Å². The molecule has 1 atom stereocenters. The molecular formula is C22H23FN4O3. The van der Waals surface area contributed by atoms with E-state index in [0.29, 0.717) is 43.7 Å². The van der Waals surface area contributed by atoms with Crippen LogP contribution in [0.5, 0.6) is 0 Å². The molecule has 2 aromatic rings. The summed E-state index contributed by atoms with van der Waals surface area (Å²) in [6, 6.07) is 12.0. The van der Waals surface area contributed by atoms with E-state index in [1.54, 1.807) is 29.2 Å². The molecule has 0 spiro atoms. The van der Waals surface area contributed by atoms with Crippen LogP contribution in [0.15, 0.2) is 48.5 Å². The van der Waals surface area contributed by atoms with Gasteiger partial charge in [-0.2, -0.15) is 0 Å². The number of hydrogen-bond acceptors (Lipinski definition) is 3. The summed E-state index contributed by atoms with van der Waals surface area (Å²) in [7, 11) is 0. The van der Waals surface area contributed by atoms with Crippen LogP contribution in [0, 0.1) is 5.82 Å². The van der Waals surface area contributed by atoms with Gasteiger partial charge in [0.2, 0.25) is 5.91 Å². The lowest BCUT2D eigenvalue weighted by molar-refractivity contribution is -0.119. The molecule has 2 fully saturated rings. The van der Waals surface area contributed by atoms with E-state index in [-0.39, 0.29) is 23.5 Å². The van der Waals surface area contributed by atoms with E-state index in [9.17, 15) is 18.8 Å². The molecule has 4 amide bonds. The van der Waals surface area contributed by atoms with Crippen LogP contribution in [-0.2, 0) is 4.79 Å². The summed E-state index contributed by atoms with van der Waals surface area (Å²) in [4.78, 5) is 40.7. The summed E-state index contributed by atoms with van der Waals surface area (Å²) in [5.74, 6) is -1.04. The fourth-order valence-electron chi connectivity index (χ4n) is 3.91. The van der Waals surface area contributed by atoms with Gasteiger partial charge >= 0.3 is 6.03 Å². The van der Waals surface area contributed by atoms with Gasteiger partial charge in [-0.15, -0.1) is 0 Å². The number of anilines is 2. The van der Waals surface area contributed by atoms with E-state index in [1.807, 2.05) is 6.07 Å². The lowest BCUT2D eigenvalue weighted by Crippen LogP contribution is -2.47. The number of halogens is 1. The molecule has 0 bridgehead atoms. The number of urea groups is 1. The zero-order valence-corrected chi connectivity index (χ0v) is 16.4. The van der Waals surface area contributed by atoms with Gasteiger partial charge in [0.1, 0.15) is 11.9 Å². The molecule has 7 nitrogen and oxygen atoms in total. The highest BCUT2D eigenvalue weighted by Gasteiger charge is 2.34. The highest BCUT2D eigenvalue weighted by atomic mass is 19.1. The molecule has 2 aromatic carbocycles. The number of hydrogen-bond donors (Lipinski definition) is 2. The second kappa shape index (κ2) is 8.52. The molecule has 4 rings (SSSR count). The van der Waals surface area contributed by atoms with Gasteiger partial charge in [-0.05, 0) is 49.6 Å². The number of benzene rings is 2. The minimum Gasteiger partial charge on any atom is -0.338 e. The van der Waals surface area contributed by atoms with Crippen LogP contribution in [0.2, 0.25) is 0 Å². The number of carbonyl (C=O) groups is 3. The maximum absolute atomic E-state index is 14.3. The second-order valence-corrected chi connectivity index (χ2v) is 7.42. The molecule has 2 saturated heterocycles. The monoisotopic (exact) mass is 410 g/mol. The predicted octanol–water partition coefficient (Wildman–Crippen LogP) is 2.99. The third kappa shape index (κ3) is 3.98. The normalized spacial score (nSPS) is 18.8. The quantitative estimate of drug-likeness (QED) is 0.813. The van der Waals surface area contributed by atoms with E-state index in [0.717, 1.165) is 6.42 Å². The van der Waals surface area contributed by atoms with Crippen molar-refractivity contribution in [2.75, 3.05) is 29.9 Å². The fraction of sp³-hybridized carbons (Fsp3) is 0.318. The van der Waals surface area contributed by atoms with Crippen LogP contribution < -0.4 is 15.5 Å². The van der Waals surface area contributed by atoms with Crippen LogP contribution in [0.1, 0.15) is 29.6 Å². The van der Waals surface area contributed by atoms with Crippen molar-refractivity contribution in [1.82, 2.24) is 10.2 Å². The average Bonchev–Trinajstić information content (AvgIpc) is 3.26. The van der Waals surface area contributed by atoms with Crippen molar-refractivity contribution in [2.45, 2.75) is 25.3 Å². The Morgan fingerprint density at radius 2 is 1.87 bits per heavy atom. The smallest absolute Gasteiger partial charge is 0.321 e. The van der Waals surface area contributed by atoms with Crippen molar-refractivity contribution < 1.29 is 18.8 Å². The summed E-state index contributed by atoms with van der Waals surface area (Å²) in [5, 5.41) is 5.47. The number of amides is 4. The summed E-state index contributed by atoms with van der Waals surface area (Å²) >= 11 is 0. The third-order valence-corrected chi connectivity index (χ3v) is 5.42. The van der Waals surface area contributed by atoms with Gasteiger partial charge in [-0.3, -0.25) is 14.5 Å². The second-order valence-electron chi connectivity index (χ2n) is 7.42. The van der Waals surface area contributed by atoms with E-state index in [1.165, 1.54) is 23.1 Å². The number of nitrogens with one attached hydrogen (secondary N) is 2. The number of carbonyl (C=O) groups excluding carboxylic acids is 3. The van der Waals surface area contributed by atoms with E-state index in [2.05, 4.69) is 10.6 Å². The fourth-order valence-corrected chi connectivity index (χ4v) is 3.91. The van der Waals surface area contributed by atoms with Crippen LogP contribution >= 0.6 is 0 Å². The largest absolute Gasteiger partial charge is 0.338 e. The van der Waals surface area contributed by atoms with Gasteiger partial charge in [-0.25, -0.2) is 9.18 Å². The van der Waals surface area contributed by atoms with Crippen molar-refractivity contribution in [3.05, 3.63) is 59.9 Å². The Hall–Kier alpha value is -3.42. The van der Waals surface area contributed by atoms with Crippen LogP contribution in [0.25, 0.3) is 0 Å². The third-order valence-electron chi connectivity index (χ3n) is 5.42. The average molecular weight is 410 g/mol. The molecule has 0 unspecified atom stereocenters. The lowest BCUT2D eigenvalue weighted by Gasteiger charge is -2.28. The molecule has 156 valence electrons. The highest BCUT2D eigenvalue weighted by Crippen LogP contribution is 2.27. The van der Waals surface area contributed by atoms with Crippen LogP contribution in [-0.4, -0.2) is 48.4 Å². The molecule has 0 aromatic heterocycles. The standard InChI is InChI=1S/C22H23FN4O3/c23-17-10-9-16(14-19(17)27-13-5-11-24-22(27)30)25-20(28)18-8-4-12-26(18)21(29)15-6-2-1-3-7-15/h1-3,6-7,9-10,14,18H,4-5,8,11-13H2,(H,24,30)(H,25,28)/t18-/m1/s1. The number of likely N-dealkylation sites (tertiary alicyclic amines) is 1. The predicted molar refractivity (Wildman–Crippen MR) is 111 cm³/mol. The maximum Gasteiger partial charge on any atom is 0.321 e. The zero-order chi connectivity index (χ0) is 21.1. The van der Waals surface area contributed by atoms with E-state index >= 15 is 0 Å². The Labute approximate surface area is 173 Å². The van der Waals surface area contributed by atoms with Gasteiger partial charge in [0.05, 0.1) is 5.69 Å². The molecule has 0 aliphatic carbocycles. The topological polar surface area (TPSA) is 81.8 Å². The van der Waals surface area contributed by atoms with Crippen molar-refractivity contribution in [2.24, 2.45) is 0 Å². The summed E-state index contributed by atoms with van der Waals surface area (Å²) in [6.45, 7) is 1.47. The molecule has 2 N–H and O–H groups in total. The highest BCUT2D eigenvalue weighted by molar-refractivity contribution is 6.02. The zero-order valence-electron chi connectivity index (χ0n) is 16.4. The molecule has 2 aliphatic heterocycles. The minimum absolute atomic E-state index is 0.119. The summed E-state index contributed by atoms with van der Waals surface area (Å²) in [6.07, 6.45) is 2.01. The van der Waals surface area contributed by atoms with Gasteiger partial charge in [0.25, 0.3) is 5.91 Å². The first-order valence-electron chi connectivity index (χ1n) is 10.1. The SMILES string of the molecule is O=C(Nc1ccc(F)c(N2CCCNC2=O)c1)[C@H]1CCCN1C(=O)c1ccccc1. The first kappa shape index (κ1) is 19.9. The van der Waals surface area contributed by atoms with Crippen molar-refractivity contribution >= 4 is 29.2 Å². The van der Waals surface area contributed by atoms with Gasteiger partial charge < -0.3 is 15.5 Å². The Balaban J connectivity index is 1.50. The van der Waals surface area contributed by atoms with Crippen molar-refractivity contribution in [1.29, 1.82) is 0 Å².